The Morgan fingerprint density at radius 2 is 2.06 bits per heavy atom. The SMILES string of the molecule is CCN(CCC(c1ccccc1)n1cc(NC(=O)c2n[nH]c3c2CCC(C)(C)C3)cn1)[SH](=O)=O. The van der Waals surface area contributed by atoms with Gasteiger partial charge in [0.05, 0.1) is 17.9 Å². The van der Waals surface area contributed by atoms with Crippen molar-refractivity contribution in [2.24, 2.45) is 5.41 Å². The number of thiol groups is 1. The van der Waals surface area contributed by atoms with Crippen LogP contribution in [0.15, 0.2) is 42.7 Å². The van der Waals surface area contributed by atoms with Crippen molar-refractivity contribution < 1.29 is 13.2 Å². The van der Waals surface area contributed by atoms with Gasteiger partial charge in [0, 0.05) is 30.5 Å². The molecule has 2 heterocycles. The first kappa shape index (κ1) is 24.2. The van der Waals surface area contributed by atoms with E-state index >= 15 is 0 Å². The van der Waals surface area contributed by atoms with E-state index in [0.29, 0.717) is 30.9 Å². The van der Waals surface area contributed by atoms with E-state index in [-0.39, 0.29) is 17.4 Å². The molecule has 10 heteroatoms. The Bertz CT molecular complexity index is 1210. The summed E-state index contributed by atoms with van der Waals surface area (Å²) in [5.74, 6) is -0.256. The fourth-order valence-corrected chi connectivity index (χ4v) is 5.06. The van der Waals surface area contributed by atoms with Crippen LogP contribution in [0.5, 0.6) is 0 Å². The van der Waals surface area contributed by atoms with Gasteiger partial charge in [0.15, 0.2) is 5.69 Å². The third-order valence-electron chi connectivity index (χ3n) is 6.49. The Hall–Kier alpha value is -2.98. The first-order chi connectivity index (χ1) is 16.3. The van der Waals surface area contributed by atoms with Crippen molar-refractivity contribution in [3.05, 3.63) is 65.2 Å². The molecule has 4 rings (SSSR count). The summed E-state index contributed by atoms with van der Waals surface area (Å²) in [4.78, 5) is 13.0. The van der Waals surface area contributed by atoms with Gasteiger partial charge in [0.2, 0.25) is 10.9 Å². The number of fused-ring (bicyclic) bond motifs is 1. The number of amides is 1. The van der Waals surface area contributed by atoms with E-state index in [0.717, 1.165) is 36.1 Å². The summed E-state index contributed by atoms with van der Waals surface area (Å²) in [7, 11) is -2.63. The summed E-state index contributed by atoms with van der Waals surface area (Å²) >= 11 is 0. The van der Waals surface area contributed by atoms with Crippen molar-refractivity contribution in [2.45, 2.75) is 52.5 Å². The summed E-state index contributed by atoms with van der Waals surface area (Å²) in [6.07, 6.45) is 6.67. The summed E-state index contributed by atoms with van der Waals surface area (Å²) in [5.41, 5.74) is 4.27. The van der Waals surface area contributed by atoms with Gasteiger partial charge in [-0.25, -0.2) is 12.7 Å². The van der Waals surface area contributed by atoms with Crippen LogP contribution in [0.25, 0.3) is 0 Å². The van der Waals surface area contributed by atoms with Gasteiger partial charge >= 0.3 is 0 Å². The normalized spacial score (nSPS) is 15.9. The van der Waals surface area contributed by atoms with Gasteiger partial charge in [-0.15, -0.1) is 0 Å². The number of aromatic amines is 1. The first-order valence-electron chi connectivity index (χ1n) is 11.6. The number of carbonyl (C=O) groups is 1. The maximum atomic E-state index is 13.0. The molecule has 0 saturated heterocycles. The molecule has 2 N–H and O–H groups in total. The molecule has 1 atom stereocenters. The second-order valence-electron chi connectivity index (χ2n) is 9.53. The highest BCUT2D eigenvalue weighted by Gasteiger charge is 2.30. The van der Waals surface area contributed by atoms with E-state index in [4.69, 9.17) is 0 Å². The van der Waals surface area contributed by atoms with E-state index in [9.17, 15) is 13.2 Å². The van der Waals surface area contributed by atoms with Crippen molar-refractivity contribution in [3.63, 3.8) is 0 Å². The molecule has 2 aromatic heterocycles. The molecule has 0 spiro atoms. The number of hydrogen-bond donors (Lipinski definition) is 3. The Labute approximate surface area is 201 Å². The quantitative estimate of drug-likeness (QED) is 0.404. The van der Waals surface area contributed by atoms with Crippen LogP contribution < -0.4 is 5.32 Å². The van der Waals surface area contributed by atoms with Crippen LogP contribution in [0.1, 0.15) is 67.0 Å². The lowest BCUT2D eigenvalue weighted by Gasteiger charge is -2.28. The van der Waals surface area contributed by atoms with Crippen LogP contribution >= 0.6 is 0 Å². The average Bonchev–Trinajstić information content (AvgIpc) is 3.43. The Morgan fingerprint density at radius 1 is 1.29 bits per heavy atom. The summed E-state index contributed by atoms with van der Waals surface area (Å²) in [6, 6.07) is 9.65. The molecule has 0 aliphatic heterocycles. The van der Waals surface area contributed by atoms with E-state index in [1.165, 1.54) is 4.31 Å². The van der Waals surface area contributed by atoms with Crippen LogP contribution in [-0.4, -0.2) is 51.7 Å². The number of aromatic nitrogens is 4. The minimum Gasteiger partial charge on any atom is -0.318 e. The van der Waals surface area contributed by atoms with Crippen LogP contribution in [0.3, 0.4) is 0 Å². The molecule has 0 saturated carbocycles. The molecule has 1 aliphatic carbocycles. The number of anilines is 1. The smallest absolute Gasteiger partial charge is 0.276 e. The van der Waals surface area contributed by atoms with Crippen molar-refractivity contribution >= 4 is 22.5 Å². The van der Waals surface area contributed by atoms with Crippen molar-refractivity contribution in [2.75, 3.05) is 18.4 Å². The Kier molecular flexibility index (Phi) is 7.18. The van der Waals surface area contributed by atoms with Gasteiger partial charge in [-0.3, -0.25) is 14.6 Å². The standard InChI is InChI=1S/C24H32N6O3S/c1-4-29(34(32)33)13-11-21(17-8-6-5-7-9-17)30-16-18(15-25-30)26-23(31)22-19-10-12-24(2,3)14-20(19)27-28-22/h5-9,15-16,21,34H,4,10-14H2,1-3H3,(H,26,31)(H,27,28). The molecule has 182 valence electrons. The third kappa shape index (κ3) is 5.39. The summed E-state index contributed by atoms with van der Waals surface area (Å²) < 4.78 is 26.1. The highest BCUT2D eigenvalue weighted by atomic mass is 32.2. The molecule has 0 fully saturated rings. The maximum Gasteiger partial charge on any atom is 0.276 e. The second kappa shape index (κ2) is 10.1. The van der Waals surface area contributed by atoms with Gasteiger partial charge in [-0.05, 0) is 36.7 Å². The minimum absolute atomic E-state index is 0.170. The molecule has 9 nitrogen and oxygen atoms in total. The van der Waals surface area contributed by atoms with E-state index in [1.54, 1.807) is 17.1 Å². The van der Waals surface area contributed by atoms with Crippen LogP contribution in [0, 0.1) is 5.41 Å². The van der Waals surface area contributed by atoms with Crippen molar-refractivity contribution in [1.82, 2.24) is 24.3 Å². The average molecular weight is 485 g/mol. The zero-order valence-corrected chi connectivity index (χ0v) is 20.7. The molecular formula is C24H32N6O3S. The highest BCUT2D eigenvalue weighted by Crippen LogP contribution is 2.35. The van der Waals surface area contributed by atoms with Gasteiger partial charge < -0.3 is 5.32 Å². The van der Waals surface area contributed by atoms with Gasteiger partial charge in [0.25, 0.3) is 5.91 Å². The number of hydrogen-bond acceptors (Lipinski definition) is 5. The predicted molar refractivity (Wildman–Crippen MR) is 131 cm³/mol. The van der Waals surface area contributed by atoms with Crippen LogP contribution in [0.4, 0.5) is 5.69 Å². The molecule has 1 aromatic carbocycles. The fourth-order valence-electron chi connectivity index (χ4n) is 4.55. The lowest BCUT2D eigenvalue weighted by Crippen LogP contribution is -2.26. The zero-order valence-electron chi connectivity index (χ0n) is 19.8. The Balaban J connectivity index is 1.51. The number of nitrogens with zero attached hydrogens (tertiary/aromatic N) is 4. The third-order valence-corrected chi connectivity index (χ3v) is 7.44. The second-order valence-corrected chi connectivity index (χ2v) is 10.6. The number of rotatable bonds is 9. The first-order valence-corrected chi connectivity index (χ1v) is 12.8. The lowest BCUT2D eigenvalue weighted by atomic mass is 9.76. The van der Waals surface area contributed by atoms with Gasteiger partial charge in [0.1, 0.15) is 0 Å². The molecule has 1 aliphatic rings. The molecule has 0 radical (unpaired) electrons. The van der Waals surface area contributed by atoms with Crippen LogP contribution in [-0.2, 0) is 23.7 Å². The number of benzene rings is 1. The van der Waals surface area contributed by atoms with Crippen molar-refractivity contribution in [1.29, 1.82) is 0 Å². The number of carbonyl (C=O) groups excluding carboxylic acids is 1. The zero-order chi connectivity index (χ0) is 24.3. The fraction of sp³-hybridized carbons (Fsp3) is 0.458. The van der Waals surface area contributed by atoms with E-state index in [2.05, 4.69) is 34.5 Å². The molecule has 1 amide bonds. The molecule has 1 unspecified atom stereocenters. The maximum absolute atomic E-state index is 13.0. The lowest BCUT2D eigenvalue weighted by molar-refractivity contribution is 0.102. The minimum atomic E-state index is -2.63. The van der Waals surface area contributed by atoms with Gasteiger partial charge in [-0.1, -0.05) is 51.1 Å². The number of H-pyrrole nitrogens is 1. The van der Waals surface area contributed by atoms with E-state index in [1.807, 2.05) is 37.3 Å². The molecule has 0 bridgehead atoms. The predicted octanol–water partition coefficient (Wildman–Crippen LogP) is 3.20. The Morgan fingerprint density at radius 3 is 2.76 bits per heavy atom. The van der Waals surface area contributed by atoms with Crippen molar-refractivity contribution in [3.8, 4) is 0 Å². The topological polar surface area (TPSA) is 113 Å². The highest BCUT2D eigenvalue weighted by molar-refractivity contribution is 7.69. The summed E-state index contributed by atoms with van der Waals surface area (Å²) in [6.45, 7) is 7.07. The largest absolute Gasteiger partial charge is 0.318 e. The molecule has 3 aromatic rings. The van der Waals surface area contributed by atoms with E-state index < -0.39 is 10.9 Å². The monoisotopic (exact) mass is 484 g/mol. The number of nitrogens with one attached hydrogen (secondary N) is 2. The summed E-state index contributed by atoms with van der Waals surface area (Å²) in [5, 5.41) is 14.8. The molecular weight excluding hydrogens is 452 g/mol. The molecule has 34 heavy (non-hydrogen) atoms. The van der Waals surface area contributed by atoms with Crippen LogP contribution in [0.2, 0.25) is 0 Å². The van der Waals surface area contributed by atoms with Gasteiger partial charge in [-0.2, -0.15) is 10.2 Å².